The van der Waals surface area contributed by atoms with E-state index in [-0.39, 0.29) is 12.2 Å². The van der Waals surface area contributed by atoms with Crippen molar-refractivity contribution in [3.8, 4) is 0 Å². The van der Waals surface area contributed by atoms with Gasteiger partial charge in [0.25, 0.3) is 11.4 Å². The summed E-state index contributed by atoms with van der Waals surface area (Å²) in [5.74, 6) is -0.859. The van der Waals surface area contributed by atoms with Gasteiger partial charge in [0.05, 0.1) is 21.5 Å². The van der Waals surface area contributed by atoms with Crippen molar-refractivity contribution in [2.24, 2.45) is 5.41 Å². The number of nitro groups is 2. The van der Waals surface area contributed by atoms with E-state index < -0.39 is 32.6 Å². The average molecular weight is 402 g/mol. The first-order valence-electron chi connectivity index (χ1n) is 9.09. The third-order valence-electron chi connectivity index (χ3n) is 3.92. The first-order valence-corrected chi connectivity index (χ1v) is 9.09. The number of hydrogen-bond donors (Lipinski definition) is 0. The number of hydrogen-bond acceptors (Lipinski definition) is 6. The smallest absolute Gasteiger partial charge is 0.338 e. The molecule has 1 rings (SSSR count). The van der Waals surface area contributed by atoms with E-state index in [1.54, 1.807) is 0 Å². The highest BCUT2D eigenvalue weighted by Gasteiger charge is 2.23. The van der Waals surface area contributed by atoms with Crippen LogP contribution >= 0.6 is 0 Å². The maximum absolute atomic E-state index is 12.3. The standard InChI is InChI=1S/C21H26N2O6/c1-15(2)7-6-8-16(3)9-10-21(4,5)14-29-20(24)17-11-18(22(25)26)13-19(12-17)23(27)28/h7,10-13H,6,8,14H2,1-5H3. The molecule has 0 aliphatic carbocycles. The number of esters is 1. The SMILES string of the molecule is CC(=C=CC(C)(C)COC(=O)c1cc([N+](=O)[O-])cc([N+](=O)[O-])c1)CCC=C(C)C. The van der Waals surface area contributed by atoms with Gasteiger partial charge in [-0.3, -0.25) is 20.2 Å². The van der Waals surface area contributed by atoms with Crippen LogP contribution in [0.2, 0.25) is 0 Å². The molecule has 8 heteroatoms. The lowest BCUT2D eigenvalue weighted by atomic mass is 9.94. The molecule has 0 atom stereocenters. The largest absolute Gasteiger partial charge is 0.461 e. The van der Waals surface area contributed by atoms with Gasteiger partial charge in [-0.05, 0) is 45.3 Å². The zero-order chi connectivity index (χ0) is 22.2. The van der Waals surface area contributed by atoms with Gasteiger partial charge in [-0.25, -0.2) is 4.79 Å². The van der Waals surface area contributed by atoms with Crippen LogP contribution in [0.1, 0.15) is 57.8 Å². The molecule has 0 saturated carbocycles. The van der Waals surface area contributed by atoms with Crippen LogP contribution in [0.5, 0.6) is 0 Å². The Morgan fingerprint density at radius 2 is 1.66 bits per heavy atom. The summed E-state index contributed by atoms with van der Waals surface area (Å²) in [6.07, 6.45) is 5.76. The predicted molar refractivity (Wildman–Crippen MR) is 110 cm³/mol. The monoisotopic (exact) mass is 402 g/mol. The van der Waals surface area contributed by atoms with Gasteiger partial charge in [0.1, 0.15) is 6.61 Å². The van der Waals surface area contributed by atoms with E-state index in [1.807, 2.05) is 40.7 Å². The molecule has 0 heterocycles. The third-order valence-corrected chi connectivity index (χ3v) is 3.92. The minimum absolute atomic E-state index is 0.00340. The second-order valence-corrected chi connectivity index (χ2v) is 7.71. The topological polar surface area (TPSA) is 113 Å². The summed E-state index contributed by atoms with van der Waals surface area (Å²) in [5.41, 5.74) is 3.68. The molecular formula is C21H26N2O6. The fourth-order valence-corrected chi connectivity index (χ4v) is 2.27. The molecule has 0 bridgehead atoms. The fraction of sp³-hybridized carbons (Fsp3) is 0.429. The molecule has 0 spiro atoms. The predicted octanol–water partition coefficient (Wildman–Crippen LogP) is 5.53. The van der Waals surface area contributed by atoms with E-state index in [0.29, 0.717) is 0 Å². The van der Waals surface area contributed by atoms with Crippen LogP contribution < -0.4 is 0 Å². The van der Waals surface area contributed by atoms with Crippen molar-refractivity contribution in [3.05, 3.63) is 73.0 Å². The van der Waals surface area contributed by atoms with Gasteiger partial charge in [0, 0.05) is 17.5 Å². The number of ether oxygens (including phenoxy) is 1. The molecular weight excluding hydrogens is 376 g/mol. The zero-order valence-electron chi connectivity index (χ0n) is 17.4. The number of nitro benzene ring substituents is 2. The second-order valence-electron chi connectivity index (χ2n) is 7.71. The van der Waals surface area contributed by atoms with Crippen LogP contribution in [-0.4, -0.2) is 22.4 Å². The first kappa shape index (κ1) is 23.8. The Bertz CT molecular complexity index is 856. The molecule has 1 aromatic carbocycles. The van der Waals surface area contributed by atoms with Crippen LogP contribution in [0, 0.1) is 25.6 Å². The number of nitrogens with zero attached hydrogens (tertiary/aromatic N) is 2. The lowest BCUT2D eigenvalue weighted by Crippen LogP contribution is -2.19. The third kappa shape index (κ3) is 8.53. The average Bonchev–Trinajstić information content (AvgIpc) is 2.63. The highest BCUT2D eigenvalue weighted by atomic mass is 16.6. The summed E-state index contributed by atoms with van der Waals surface area (Å²) < 4.78 is 5.23. The van der Waals surface area contributed by atoms with Gasteiger partial charge in [-0.2, -0.15) is 0 Å². The number of allylic oxidation sites excluding steroid dienone is 2. The minimum Gasteiger partial charge on any atom is -0.461 e. The van der Waals surface area contributed by atoms with Gasteiger partial charge in [0.2, 0.25) is 0 Å². The van der Waals surface area contributed by atoms with Gasteiger partial charge in [-0.15, -0.1) is 5.73 Å². The molecule has 0 unspecified atom stereocenters. The maximum Gasteiger partial charge on any atom is 0.338 e. The number of non-ortho nitro benzene ring substituents is 2. The van der Waals surface area contributed by atoms with Crippen LogP contribution in [-0.2, 0) is 4.74 Å². The summed E-state index contributed by atoms with van der Waals surface area (Å²) in [7, 11) is 0. The van der Waals surface area contributed by atoms with E-state index in [9.17, 15) is 25.0 Å². The molecule has 1 aromatic rings. The molecule has 0 fully saturated rings. The highest BCUT2D eigenvalue weighted by molar-refractivity contribution is 5.91. The van der Waals surface area contributed by atoms with Gasteiger partial charge >= 0.3 is 5.97 Å². The molecule has 0 aliphatic rings. The Hall–Kier alpha value is -3.25. The lowest BCUT2D eigenvalue weighted by Gasteiger charge is -2.19. The molecule has 0 amide bonds. The minimum atomic E-state index is -0.859. The molecule has 0 N–H and O–H groups in total. The van der Waals surface area contributed by atoms with E-state index in [0.717, 1.165) is 36.6 Å². The van der Waals surface area contributed by atoms with Gasteiger partial charge in [-0.1, -0.05) is 25.5 Å². The highest BCUT2D eigenvalue weighted by Crippen LogP contribution is 2.24. The number of benzene rings is 1. The van der Waals surface area contributed by atoms with E-state index in [2.05, 4.69) is 11.8 Å². The number of carbonyl (C=O) groups is 1. The molecule has 156 valence electrons. The Kier molecular flexibility index (Phi) is 8.48. The Labute approximate surface area is 169 Å². The van der Waals surface area contributed by atoms with Gasteiger partial charge in [0.15, 0.2) is 0 Å². The van der Waals surface area contributed by atoms with Crippen molar-refractivity contribution in [1.82, 2.24) is 0 Å². The lowest BCUT2D eigenvalue weighted by molar-refractivity contribution is -0.394. The first-order chi connectivity index (χ1) is 13.4. The summed E-state index contributed by atoms with van der Waals surface area (Å²) in [6, 6.07) is 2.73. The summed E-state index contributed by atoms with van der Waals surface area (Å²) in [6.45, 7) is 9.76. The summed E-state index contributed by atoms with van der Waals surface area (Å²) >= 11 is 0. The van der Waals surface area contributed by atoms with Crippen LogP contribution in [0.15, 0.2) is 47.2 Å². The van der Waals surface area contributed by atoms with Crippen molar-refractivity contribution in [2.45, 2.75) is 47.5 Å². The van der Waals surface area contributed by atoms with Crippen molar-refractivity contribution < 1.29 is 19.4 Å². The molecule has 29 heavy (non-hydrogen) atoms. The number of carbonyl (C=O) groups excluding carboxylic acids is 1. The summed E-state index contributed by atoms with van der Waals surface area (Å²) in [4.78, 5) is 32.6. The van der Waals surface area contributed by atoms with Crippen molar-refractivity contribution in [1.29, 1.82) is 0 Å². The number of rotatable bonds is 9. The quantitative estimate of drug-likeness (QED) is 0.176. The molecule has 0 saturated heterocycles. The maximum atomic E-state index is 12.3. The molecule has 8 nitrogen and oxygen atoms in total. The van der Waals surface area contributed by atoms with Crippen LogP contribution in [0.4, 0.5) is 11.4 Å². The van der Waals surface area contributed by atoms with E-state index in [1.165, 1.54) is 5.57 Å². The van der Waals surface area contributed by atoms with Crippen molar-refractivity contribution in [2.75, 3.05) is 6.61 Å². The molecule has 0 radical (unpaired) electrons. The van der Waals surface area contributed by atoms with E-state index in [4.69, 9.17) is 4.74 Å². The Morgan fingerprint density at radius 1 is 1.10 bits per heavy atom. The van der Waals surface area contributed by atoms with Crippen LogP contribution in [0.25, 0.3) is 0 Å². The summed E-state index contributed by atoms with van der Waals surface area (Å²) in [5, 5.41) is 21.9. The van der Waals surface area contributed by atoms with Gasteiger partial charge < -0.3 is 4.74 Å². The van der Waals surface area contributed by atoms with Crippen molar-refractivity contribution in [3.63, 3.8) is 0 Å². The van der Waals surface area contributed by atoms with Crippen molar-refractivity contribution >= 4 is 17.3 Å². The fourth-order valence-electron chi connectivity index (χ4n) is 2.27. The Balaban J connectivity index is 2.87. The Morgan fingerprint density at radius 3 is 2.14 bits per heavy atom. The van der Waals surface area contributed by atoms with Crippen LogP contribution in [0.3, 0.4) is 0 Å². The zero-order valence-corrected chi connectivity index (χ0v) is 17.4. The molecule has 0 aliphatic heterocycles. The molecule has 0 aromatic heterocycles. The normalized spacial score (nSPS) is 10.5. The second kappa shape index (κ2) is 10.3. The van der Waals surface area contributed by atoms with E-state index >= 15 is 0 Å².